The molecule has 1 aromatic carbocycles. The lowest BCUT2D eigenvalue weighted by Gasteiger charge is -2.16. The molecule has 0 aliphatic rings. The van der Waals surface area contributed by atoms with Crippen LogP contribution in [0, 0.1) is 6.92 Å². The number of likely N-dealkylation sites (N-methyl/N-ethyl adjacent to an activating group) is 1. The van der Waals surface area contributed by atoms with E-state index < -0.39 is 0 Å². The van der Waals surface area contributed by atoms with Gasteiger partial charge in [0.05, 0.1) is 6.61 Å². The van der Waals surface area contributed by atoms with Crippen LogP contribution in [0.5, 0.6) is 5.75 Å². The van der Waals surface area contributed by atoms with E-state index in [-0.39, 0.29) is 11.7 Å². The molecule has 5 nitrogen and oxygen atoms in total. The summed E-state index contributed by atoms with van der Waals surface area (Å²) in [6.45, 7) is 4.56. The number of rotatable bonds is 7. The molecular formula is C14H22N2O3. The van der Waals surface area contributed by atoms with E-state index in [0.29, 0.717) is 24.3 Å². The molecule has 0 radical (unpaired) electrons. The molecule has 1 aromatic rings. The van der Waals surface area contributed by atoms with Crippen LogP contribution in [0.25, 0.3) is 0 Å². The first kappa shape index (κ1) is 15.5. The molecule has 0 saturated heterocycles. The summed E-state index contributed by atoms with van der Waals surface area (Å²) in [4.78, 5) is 14.0. The third kappa shape index (κ3) is 4.89. The van der Waals surface area contributed by atoms with Crippen LogP contribution in [-0.4, -0.2) is 56.3 Å². The highest BCUT2D eigenvalue weighted by molar-refractivity contribution is 5.96. The topological polar surface area (TPSA) is 61.8 Å². The maximum atomic E-state index is 11.9. The van der Waals surface area contributed by atoms with E-state index in [1.54, 1.807) is 32.2 Å². The summed E-state index contributed by atoms with van der Waals surface area (Å²) in [6.07, 6.45) is 0. The van der Waals surface area contributed by atoms with Gasteiger partial charge in [-0.15, -0.1) is 0 Å². The molecule has 0 fully saturated rings. The Kier molecular flexibility index (Phi) is 6.32. The number of methoxy groups -OCH3 is 1. The number of amides is 1. The number of hydrogen-bond donors (Lipinski definition) is 2. The van der Waals surface area contributed by atoms with E-state index in [0.717, 1.165) is 13.1 Å². The molecule has 0 saturated carbocycles. The molecule has 106 valence electrons. The molecule has 19 heavy (non-hydrogen) atoms. The monoisotopic (exact) mass is 266 g/mol. The largest absolute Gasteiger partial charge is 0.508 e. The maximum absolute atomic E-state index is 11.9. The van der Waals surface area contributed by atoms with E-state index in [4.69, 9.17) is 4.74 Å². The Balaban J connectivity index is 2.41. The van der Waals surface area contributed by atoms with Gasteiger partial charge in [-0.1, -0.05) is 6.07 Å². The van der Waals surface area contributed by atoms with Crippen molar-refractivity contribution in [2.75, 3.05) is 40.4 Å². The number of aromatic hydroxyl groups is 1. The first-order chi connectivity index (χ1) is 9.06. The SMILES string of the molecule is COCCN(C)CCNC(=O)c1cccc(O)c1C. The standard InChI is InChI=1S/C14H22N2O3/c1-11-12(5-4-6-13(11)17)14(18)15-7-8-16(2)9-10-19-3/h4-6,17H,7-10H2,1-3H3,(H,15,18). The molecule has 0 heterocycles. The van der Waals surface area contributed by atoms with E-state index >= 15 is 0 Å². The molecule has 0 unspecified atom stereocenters. The first-order valence-electron chi connectivity index (χ1n) is 6.30. The Labute approximate surface area is 114 Å². The number of nitrogens with one attached hydrogen (secondary N) is 1. The number of benzene rings is 1. The smallest absolute Gasteiger partial charge is 0.251 e. The highest BCUT2D eigenvalue weighted by atomic mass is 16.5. The van der Waals surface area contributed by atoms with Gasteiger partial charge in [-0.3, -0.25) is 4.79 Å². The third-order valence-corrected chi connectivity index (χ3v) is 3.01. The number of nitrogens with zero attached hydrogens (tertiary/aromatic N) is 1. The van der Waals surface area contributed by atoms with E-state index in [2.05, 4.69) is 10.2 Å². The van der Waals surface area contributed by atoms with Gasteiger partial charge in [0.2, 0.25) is 0 Å². The van der Waals surface area contributed by atoms with Crippen LogP contribution >= 0.6 is 0 Å². The fourth-order valence-corrected chi connectivity index (χ4v) is 1.68. The summed E-state index contributed by atoms with van der Waals surface area (Å²) in [5.74, 6) is -0.0154. The molecule has 1 amide bonds. The van der Waals surface area contributed by atoms with Crippen LogP contribution in [0.1, 0.15) is 15.9 Å². The van der Waals surface area contributed by atoms with Crippen LogP contribution in [-0.2, 0) is 4.74 Å². The Morgan fingerprint density at radius 1 is 1.42 bits per heavy atom. The second-order valence-electron chi connectivity index (χ2n) is 4.50. The van der Waals surface area contributed by atoms with Crippen molar-refractivity contribution in [3.05, 3.63) is 29.3 Å². The molecular weight excluding hydrogens is 244 g/mol. The second-order valence-corrected chi connectivity index (χ2v) is 4.50. The van der Waals surface area contributed by atoms with Crippen molar-refractivity contribution < 1.29 is 14.6 Å². The zero-order valence-corrected chi connectivity index (χ0v) is 11.8. The van der Waals surface area contributed by atoms with Crippen LogP contribution < -0.4 is 5.32 Å². The molecule has 1 rings (SSSR count). The van der Waals surface area contributed by atoms with Gasteiger partial charge in [-0.25, -0.2) is 0 Å². The average molecular weight is 266 g/mol. The minimum atomic E-state index is -0.159. The average Bonchev–Trinajstić information content (AvgIpc) is 2.39. The van der Waals surface area contributed by atoms with Crippen LogP contribution in [0.4, 0.5) is 0 Å². The van der Waals surface area contributed by atoms with Crippen molar-refractivity contribution >= 4 is 5.91 Å². The van der Waals surface area contributed by atoms with Gasteiger partial charge in [0.1, 0.15) is 5.75 Å². The molecule has 0 bridgehead atoms. The number of hydrogen-bond acceptors (Lipinski definition) is 4. The lowest BCUT2D eigenvalue weighted by atomic mass is 10.1. The zero-order valence-electron chi connectivity index (χ0n) is 11.8. The van der Waals surface area contributed by atoms with Crippen molar-refractivity contribution in [2.24, 2.45) is 0 Å². The molecule has 0 atom stereocenters. The van der Waals surface area contributed by atoms with E-state index in [1.807, 2.05) is 7.05 Å². The Bertz CT molecular complexity index is 421. The normalized spacial score (nSPS) is 10.7. The molecule has 0 aliphatic carbocycles. The van der Waals surface area contributed by atoms with Gasteiger partial charge in [0.15, 0.2) is 0 Å². The maximum Gasteiger partial charge on any atom is 0.251 e. The van der Waals surface area contributed by atoms with E-state index in [9.17, 15) is 9.90 Å². The van der Waals surface area contributed by atoms with E-state index in [1.165, 1.54) is 0 Å². The highest BCUT2D eigenvalue weighted by Gasteiger charge is 2.10. The lowest BCUT2D eigenvalue weighted by molar-refractivity contribution is 0.0946. The summed E-state index contributed by atoms with van der Waals surface area (Å²) >= 11 is 0. The van der Waals surface area contributed by atoms with Crippen molar-refractivity contribution in [2.45, 2.75) is 6.92 Å². The van der Waals surface area contributed by atoms with Gasteiger partial charge in [0, 0.05) is 37.9 Å². The predicted molar refractivity (Wildman–Crippen MR) is 74.6 cm³/mol. The summed E-state index contributed by atoms with van der Waals surface area (Å²) in [5, 5.41) is 12.4. The fourth-order valence-electron chi connectivity index (χ4n) is 1.68. The molecule has 0 aromatic heterocycles. The predicted octanol–water partition coefficient (Wildman–Crippen LogP) is 1.01. The Hall–Kier alpha value is -1.59. The third-order valence-electron chi connectivity index (χ3n) is 3.01. The minimum Gasteiger partial charge on any atom is -0.508 e. The molecule has 0 spiro atoms. The van der Waals surface area contributed by atoms with Gasteiger partial charge >= 0.3 is 0 Å². The Morgan fingerprint density at radius 2 is 2.16 bits per heavy atom. The van der Waals surface area contributed by atoms with Crippen molar-refractivity contribution in [1.29, 1.82) is 0 Å². The van der Waals surface area contributed by atoms with Gasteiger partial charge in [-0.05, 0) is 26.1 Å². The van der Waals surface area contributed by atoms with Crippen molar-refractivity contribution in [1.82, 2.24) is 10.2 Å². The fraction of sp³-hybridized carbons (Fsp3) is 0.500. The molecule has 2 N–H and O–H groups in total. The zero-order chi connectivity index (χ0) is 14.3. The number of ether oxygens (including phenoxy) is 1. The number of phenolic OH excluding ortho intramolecular Hbond substituents is 1. The number of phenols is 1. The van der Waals surface area contributed by atoms with Gasteiger partial charge in [0.25, 0.3) is 5.91 Å². The van der Waals surface area contributed by atoms with Crippen molar-refractivity contribution in [3.8, 4) is 5.75 Å². The second kappa shape index (κ2) is 7.76. The van der Waals surface area contributed by atoms with Crippen LogP contribution in [0.15, 0.2) is 18.2 Å². The summed E-state index contributed by atoms with van der Waals surface area (Å²) in [6, 6.07) is 4.95. The quantitative estimate of drug-likeness (QED) is 0.773. The lowest BCUT2D eigenvalue weighted by Crippen LogP contribution is -2.34. The highest BCUT2D eigenvalue weighted by Crippen LogP contribution is 2.19. The van der Waals surface area contributed by atoms with Crippen LogP contribution in [0.3, 0.4) is 0 Å². The Morgan fingerprint density at radius 3 is 2.84 bits per heavy atom. The molecule has 5 heteroatoms. The van der Waals surface area contributed by atoms with Gasteiger partial charge in [-0.2, -0.15) is 0 Å². The van der Waals surface area contributed by atoms with Crippen molar-refractivity contribution in [3.63, 3.8) is 0 Å². The van der Waals surface area contributed by atoms with Gasteiger partial charge < -0.3 is 20.1 Å². The first-order valence-corrected chi connectivity index (χ1v) is 6.30. The van der Waals surface area contributed by atoms with Crippen LogP contribution in [0.2, 0.25) is 0 Å². The summed E-state index contributed by atoms with van der Waals surface area (Å²) in [7, 11) is 3.64. The molecule has 0 aliphatic heterocycles. The summed E-state index contributed by atoms with van der Waals surface area (Å²) < 4.78 is 4.98. The number of carbonyl (C=O) groups excluding carboxylic acids is 1. The number of carbonyl (C=O) groups is 1. The summed E-state index contributed by atoms with van der Waals surface area (Å²) in [5.41, 5.74) is 1.12. The minimum absolute atomic E-state index is 0.143.